The van der Waals surface area contributed by atoms with Crippen LogP contribution in [0.25, 0.3) is 5.69 Å². The summed E-state index contributed by atoms with van der Waals surface area (Å²) in [6.07, 6.45) is 4.10. The summed E-state index contributed by atoms with van der Waals surface area (Å²) in [6, 6.07) is 15.5. The Balaban J connectivity index is 1.54. The fourth-order valence-corrected chi connectivity index (χ4v) is 3.00. The van der Waals surface area contributed by atoms with Crippen LogP contribution < -0.4 is 0 Å². The second kappa shape index (κ2) is 8.65. The number of amides is 1. The third-order valence-electron chi connectivity index (χ3n) is 4.90. The zero-order valence-corrected chi connectivity index (χ0v) is 16.6. The molecule has 2 aromatic carbocycles. The van der Waals surface area contributed by atoms with E-state index in [2.05, 4.69) is 5.10 Å². The summed E-state index contributed by atoms with van der Waals surface area (Å²) in [5.41, 5.74) is 4.83. The lowest BCUT2D eigenvalue weighted by molar-refractivity contribution is -0.130. The van der Waals surface area contributed by atoms with Crippen molar-refractivity contribution in [1.82, 2.24) is 14.7 Å². The highest BCUT2D eigenvalue weighted by Gasteiger charge is 2.14. The van der Waals surface area contributed by atoms with E-state index in [-0.39, 0.29) is 24.5 Å². The van der Waals surface area contributed by atoms with Gasteiger partial charge < -0.3 is 4.90 Å². The van der Waals surface area contributed by atoms with Gasteiger partial charge >= 0.3 is 0 Å². The molecular weight excluding hydrogens is 350 g/mol. The molecule has 0 fully saturated rings. The Morgan fingerprint density at radius 1 is 1.00 bits per heavy atom. The van der Waals surface area contributed by atoms with Crippen molar-refractivity contribution in [2.75, 3.05) is 7.05 Å². The standard InChI is InChI=1S/C23H25N3O2/c1-17-9-10-20(13-18(17)2)22(27)11-12-23(28)25(3)15-19-14-24-26(16-19)21-7-5-4-6-8-21/h4-10,13-14,16H,11-12,15H2,1-3H3. The van der Waals surface area contributed by atoms with Crippen LogP contribution in [0.15, 0.2) is 60.9 Å². The maximum atomic E-state index is 12.4. The van der Waals surface area contributed by atoms with Gasteiger partial charge in [0.15, 0.2) is 5.78 Å². The number of ketones is 1. The van der Waals surface area contributed by atoms with E-state index in [4.69, 9.17) is 0 Å². The minimum Gasteiger partial charge on any atom is -0.341 e. The summed E-state index contributed by atoms with van der Waals surface area (Å²) >= 11 is 0. The predicted octanol–water partition coefficient (Wildman–Crippen LogP) is 4.11. The third kappa shape index (κ3) is 4.74. The molecule has 0 spiro atoms. The first kappa shape index (κ1) is 19.5. The molecule has 1 aromatic heterocycles. The van der Waals surface area contributed by atoms with E-state index in [0.29, 0.717) is 12.1 Å². The van der Waals surface area contributed by atoms with Crippen molar-refractivity contribution in [1.29, 1.82) is 0 Å². The maximum Gasteiger partial charge on any atom is 0.223 e. The average molecular weight is 375 g/mol. The Hall–Kier alpha value is -3.21. The Morgan fingerprint density at radius 2 is 1.75 bits per heavy atom. The highest BCUT2D eigenvalue weighted by Crippen LogP contribution is 2.14. The minimum absolute atomic E-state index is 0.00162. The largest absolute Gasteiger partial charge is 0.341 e. The predicted molar refractivity (Wildman–Crippen MR) is 110 cm³/mol. The van der Waals surface area contributed by atoms with E-state index >= 15 is 0 Å². The first-order chi connectivity index (χ1) is 13.4. The molecule has 0 N–H and O–H groups in total. The smallest absolute Gasteiger partial charge is 0.223 e. The lowest BCUT2D eigenvalue weighted by atomic mass is 10.0. The van der Waals surface area contributed by atoms with E-state index in [1.54, 1.807) is 22.8 Å². The van der Waals surface area contributed by atoms with Crippen molar-refractivity contribution in [3.8, 4) is 5.69 Å². The van der Waals surface area contributed by atoms with Gasteiger partial charge in [0.1, 0.15) is 0 Å². The van der Waals surface area contributed by atoms with Gasteiger partial charge in [-0.15, -0.1) is 0 Å². The number of para-hydroxylation sites is 1. The first-order valence-electron chi connectivity index (χ1n) is 9.37. The van der Waals surface area contributed by atoms with Gasteiger partial charge in [0.25, 0.3) is 0 Å². The van der Waals surface area contributed by atoms with E-state index in [9.17, 15) is 9.59 Å². The van der Waals surface area contributed by atoms with Crippen LogP contribution in [0.3, 0.4) is 0 Å². The second-order valence-corrected chi connectivity index (χ2v) is 7.10. The summed E-state index contributed by atoms with van der Waals surface area (Å²) in [6.45, 7) is 4.46. The molecule has 0 saturated carbocycles. The van der Waals surface area contributed by atoms with Gasteiger partial charge in [-0.05, 0) is 43.2 Å². The van der Waals surface area contributed by atoms with E-state index < -0.39 is 0 Å². The topological polar surface area (TPSA) is 55.2 Å². The SMILES string of the molecule is Cc1ccc(C(=O)CCC(=O)N(C)Cc2cnn(-c3ccccc3)c2)cc1C. The van der Waals surface area contributed by atoms with Gasteiger partial charge in [-0.1, -0.05) is 30.3 Å². The van der Waals surface area contributed by atoms with Crippen molar-refractivity contribution in [3.05, 3.63) is 83.2 Å². The molecule has 0 aliphatic rings. The monoisotopic (exact) mass is 375 g/mol. The molecule has 28 heavy (non-hydrogen) atoms. The summed E-state index contributed by atoms with van der Waals surface area (Å²) in [7, 11) is 1.75. The van der Waals surface area contributed by atoms with Crippen molar-refractivity contribution < 1.29 is 9.59 Å². The number of aryl methyl sites for hydroxylation is 2. The van der Waals surface area contributed by atoms with Crippen LogP contribution in [0.5, 0.6) is 0 Å². The van der Waals surface area contributed by atoms with Gasteiger partial charge in [0.2, 0.25) is 5.91 Å². The third-order valence-corrected chi connectivity index (χ3v) is 4.90. The van der Waals surface area contributed by atoms with Crippen molar-refractivity contribution in [3.63, 3.8) is 0 Å². The van der Waals surface area contributed by atoms with Crippen LogP contribution in [0, 0.1) is 13.8 Å². The Labute approximate surface area is 165 Å². The van der Waals surface area contributed by atoms with Crippen LogP contribution in [-0.4, -0.2) is 33.4 Å². The zero-order valence-electron chi connectivity index (χ0n) is 16.6. The molecule has 0 radical (unpaired) electrons. The van der Waals surface area contributed by atoms with Crippen LogP contribution in [0.1, 0.15) is 39.9 Å². The van der Waals surface area contributed by atoms with Crippen LogP contribution in [0.4, 0.5) is 0 Å². The van der Waals surface area contributed by atoms with E-state index in [1.165, 1.54) is 0 Å². The van der Waals surface area contributed by atoms with E-state index in [1.807, 2.05) is 68.6 Å². The fraction of sp³-hybridized carbons (Fsp3) is 0.261. The highest BCUT2D eigenvalue weighted by atomic mass is 16.2. The normalized spacial score (nSPS) is 10.7. The van der Waals surface area contributed by atoms with Crippen LogP contribution in [-0.2, 0) is 11.3 Å². The molecule has 0 unspecified atom stereocenters. The molecular formula is C23H25N3O2. The number of nitrogens with zero attached hydrogens (tertiary/aromatic N) is 3. The van der Waals surface area contributed by atoms with Crippen molar-refractivity contribution in [2.24, 2.45) is 0 Å². The van der Waals surface area contributed by atoms with Gasteiger partial charge in [-0.25, -0.2) is 4.68 Å². The van der Waals surface area contributed by atoms with Crippen LogP contribution >= 0.6 is 0 Å². The number of Topliss-reactive ketones (excluding diaryl/α,β-unsaturated/α-hetero) is 1. The fourth-order valence-electron chi connectivity index (χ4n) is 3.00. The highest BCUT2D eigenvalue weighted by molar-refractivity contribution is 5.98. The van der Waals surface area contributed by atoms with Gasteiger partial charge in [-0.2, -0.15) is 5.10 Å². The molecule has 144 valence electrons. The van der Waals surface area contributed by atoms with Crippen molar-refractivity contribution >= 4 is 11.7 Å². The molecule has 1 amide bonds. The quantitative estimate of drug-likeness (QED) is 0.584. The molecule has 5 nitrogen and oxygen atoms in total. The minimum atomic E-state index is -0.0513. The molecule has 0 atom stereocenters. The summed E-state index contributed by atoms with van der Waals surface area (Å²) in [5.74, 6) is -0.0496. The first-order valence-corrected chi connectivity index (χ1v) is 9.37. The Morgan fingerprint density at radius 3 is 2.46 bits per heavy atom. The van der Waals surface area contributed by atoms with Crippen molar-refractivity contribution in [2.45, 2.75) is 33.2 Å². The second-order valence-electron chi connectivity index (χ2n) is 7.10. The molecule has 0 bridgehead atoms. The molecule has 0 saturated heterocycles. The molecule has 3 rings (SSSR count). The number of hydrogen-bond donors (Lipinski definition) is 0. The van der Waals surface area contributed by atoms with Gasteiger partial charge in [0.05, 0.1) is 11.9 Å². The zero-order chi connectivity index (χ0) is 20.1. The number of rotatable bonds is 7. The molecule has 3 aromatic rings. The maximum absolute atomic E-state index is 12.4. The lowest BCUT2D eigenvalue weighted by Gasteiger charge is -2.16. The molecule has 0 aliphatic heterocycles. The van der Waals surface area contributed by atoms with E-state index in [0.717, 1.165) is 22.4 Å². The lowest BCUT2D eigenvalue weighted by Crippen LogP contribution is -2.26. The molecule has 5 heteroatoms. The number of carbonyl (C=O) groups excluding carboxylic acids is 2. The van der Waals surface area contributed by atoms with Crippen LogP contribution in [0.2, 0.25) is 0 Å². The summed E-state index contributed by atoms with van der Waals surface area (Å²) in [5, 5.41) is 4.35. The Bertz CT molecular complexity index is 977. The number of carbonyl (C=O) groups is 2. The van der Waals surface area contributed by atoms with Gasteiger partial charge in [0, 0.05) is 43.8 Å². The summed E-state index contributed by atoms with van der Waals surface area (Å²) < 4.78 is 1.79. The number of aromatic nitrogens is 2. The molecule has 1 heterocycles. The molecule has 0 aliphatic carbocycles. The number of benzene rings is 2. The number of hydrogen-bond acceptors (Lipinski definition) is 3. The summed E-state index contributed by atoms with van der Waals surface area (Å²) in [4.78, 5) is 26.4. The Kier molecular flexibility index (Phi) is 6.04. The van der Waals surface area contributed by atoms with Gasteiger partial charge in [-0.3, -0.25) is 9.59 Å². The average Bonchev–Trinajstić information content (AvgIpc) is 3.17.